The van der Waals surface area contributed by atoms with E-state index in [-0.39, 0.29) is 11.8 Å². The second kappa shape index (κ2) is 6.05. The van der Waals surface area contributed by atoms with E-state index in [9.17, 15) is 9.59 Å². The van der Waals surface area contributed by atoms with Crippen LogP contribution >= 0.6 is 0 Å². The number of rotatable bonds is 4. The van der Waals surface area contributed by atoms with Crippen LogP contribution in [0.2, 0.25) is 0 Å². The Hall–Kier alpha value is -2.04. The Morgan fingerprint density at radius 2 is 2.06 bits per heavy atom. The number of aryl methyl sites for hydroxylation is 1. The summed E-state index contributed by atoms with van der Waals surface area (Å²) in [7, 11) is 0. The zero-order valence-electron chi connectivity index (χ0n) is 10.9. The van der Waals surface area contributed by atoms with E-state index in [1.807, 2.05) is 19.9 Å². The lowest BCUT2D eigenvalue weighted by Crippen LogP contribution is -2.44. The molecule has 1 rings (SSSR count). The van der Waals surface area contributed by atoms with Gasteiger partial charge in [-0.25, -0.2) is 0 Å². The normalized spacial score (nSPS) is 11.7. The number of carbonyl (C=O) groups excluding carboxylic acids is 2. The molecule has 5 heteroatoms. The molecule has 0 bridgehead atoms. The van der Waals surface area contributed by atoms with Crippen molar-refractivity contribution in [1.29, 1.82) is 0 Å². The van der Waals surface area contributed by atoms with Crippen LogP contribution in [-0.2, 0) is 4.79 Å². The molecule has 1 aromatic rings. The van der Waals surface area contributed by atoms with E-state index in [0.29, 0.717) is 17.8 Å². The van der Waals surface area contributed by atoms with Gasteiger partial charge in [-0.3, -0.25) is 9.59 Å². The lowest BCUT2D eigenvalue weighted by Gasteiger charge is -2.14. The lowest BCUT2D eigenvalue weighted by atomic mass is 10.1. The van der Waals surface area contributed by atoms with Crippen molar-refractivity contribution in [2.75, 3.05) is 12.3 Å². The van der Waals surface area contributed by atoms with E-state index >= 15 is 0 Å². The minimum atomic E-state index is -0.586. The number of nitrogen functional groups attached to an aromatic ring is 1. The number of para-hydroxylation sites is 1. The average Bonchev–Trinajstić information content (AvgIpc) is 2.32. The van der Waals surface area contributed by atoms with Crippen LogP contribution in [-0.4, -0.2) is 24.4 Å². The highest BCUT2D eigenvalue weighted by Crippen LogP contribution is 2.16. The molecular weight excluding hydrogens is 230 g/mol. The second-order valence-electron chi connectivity index (χ2n) is 4.13. The highest BCUT2D eigenvalue weighted by atomic mass is 16.2. The van der Waals surface area contributed by atoms with Crippen LogP contribution in [0.15, 0.2) is 18.2 Å². The first-order chi connectivity index (χ1) is 8.47. The van der Waals surface area contributed by atoms with Crippen molar-refractivity contribution in [2.45, 2.75) is 26.8 Å². The molecule has 1 unspecified atom stereocenters. The fourth-order valence-corrected chi connectivity index (χ4v) is 1.55. The maximum atomic E-state index is 12.0. The quantitative estimate of drug-likeness (QED) is 0.691. The molecule has 0 aliphatic rings. The Balaban J connectivity index is 2.77. The van der Waals surface area contributed by atoms with Gasteiger partial charge in [-0.2, -0.15) is 0 Å². The van der Waals surface area contributed by atoms with Crippen molar-refractivity contribution in [3.63, 3.8) is 0 Å². The van der Waals surface area contributed by atoms with Crippen molar-refractivity contribution < 1.29 is 9.59 Å². The number of hydrogen-bond acceptors (Lipinski definition) is 3. The summed E-state index contributed by atoms with van der Waals surface area (Å²) in [6, 6.07) is 4.65. The fraction of sp³-hybridized carbons (Fsp3) is 0.385. The molecule has 0 saturated carbocycles. The second-order valence-corrected chi connectivity index (χ2v) is 4.13. The maximum Gasteiger partial charge on any atom is 0.254 e. The molecule has 0 radical (unpaired) electrons. The summed E-state index contributed by atoms with van der Waals surface area (Å²) in [5.41, 5.74) is 7.51. The Morgan fingerprint density at radius 1 is 1.39 bits per heavy atom. The fourth-order valence-electron chi connectivity index (χ4n) is 1.55. The topological polar surface area (TPSA) is 84.2 Å². The number of likely N-dealkylation sites (N-methyl/N-ethyl adjacent to an activating group) is 1. The number of anilines is 1. The number of amides is 2. The van der Waals surface area contributed by atoms with Gasteiger partial charge >= 0.3 is 0 Å². The molecule has 1 atom stereocenters. The summed E-state index contributed by atoms with van der Waals surface area (Å²) >= 11 is 0. The number of hydrogen-bond donors (Lipinski definition) is 3. The minimum Gasteiger partial charge on any atom is -0.398 e. The number of carbonyl (C=O) groups is 2. The van der Waals surface area contributed by atoms with Gasteiger partial charge in [-0.05, 0) is 32.4 Å². The van der Waals surface area contributed by atoms with Crippen LogP contribution in [0.4, 0.5) is 5.69 Å². The molecule has 18 heavy (non-hydrogen) atoms. The molecule has 2 amide bonds. The van der Waals surface area contributed by atoms with Gasteiger partial charge in [0.2, 0.25) is 5.91 Å². The van der Waals surface area contributed by atoms with Crippen LogP contribution in [0, 0.1) is 6.92 Å². The largest absolute Gasteiger partial charge is 0.398 e. The highest BCUT2D eigenvalue weighted by Gasteiger charge is 2.17. The van der Waals surface area contributed by atoms with Gasteiger partial charge in [-0.1, -0.05) is 12.1 Å². The van der Waals surface area contributed by atoms with Crippen LogP contribution in [0.1, 0.15) is 29.8 Å². The first-order valence-corrected chi connectivity index (χ1v) is 5.91. The van der Waals surface area contributed by atoms with E-state index in [1.165, 1.54) is 0 Å². The predicted octanol–water partition coefficient (Wildman–Crippen LogP) is 0.832. The van der Waals surface area contributed by atoms with Gasteiger partial charge in [0.25, 0.3) is 5.91 Å². The monoisotopic (exact) mass is 249 g/mol. The lowest BCUT2D eigenvalue weighted by molar-refractivity contribution is -0.122. The molecule has 0 aromatic heterocycles. The van der Waals surface area contributed by atoms with E-state index in [0.717, 1.165) is 5.56 Å². The molecule has 0 fully saturated rings. The highest BCUT2D eigenvalue weighted by molar-refractivity contribution is 6.01. The van der Waals surface area contributed by atoms with Crippen LogP contribution in [0.5, 0.6) is 0 Å². The van der Waals surface area contributed by atoms with E-state index in [1.54, 1.807) is 19.1 Å². The van der Waals surface area contributed by atoms with E-state index in [4.69, 9.17) is 5.73 Å². The van der Waals surface area contributed by atoms with Crippen molar-refractivity contribution in [3.8, 4) is 0 Å². The summed E-state index contributed by atoms with van der Waals surface area (Å²) in [5.74, 6) is -0.549. The number of nitrogens with one attached hydrogen (secondary N) is 2. The zero-order chi connectivity index (χ0) is 13.7. The Labute approximate surface area is 107 Å². The molecule has 98 valence electrons. The first-order valence-electron chi connectivity index (χ1n) is 5.91. The number of nitrogens with two attached hydrogens (primary N) is 1. The Morgan fingerprint density at radius 3 is 2.67 bits per heavy atom. The third-order valence-electron chi connectivity index (χ3n) is 2.66. The van der Waals surface area contributed by atoms with Crippen molar-refractivity contribution in [3.05, 3.63) is 29.3 Å². The standard InChI is InChI=1S/C13H19N3O2/c1-4-15-12(17)9(3)16-13(18)10-7-5-6-8(2)11(10)14/h5-7,9H,4,14H2,1-3H3,(H,15,17)(H,16,18). The first kappa shape index (κ1) is 14.0. The summed E-state index contributed by atoms with van der Waals surface area (Å²) in [6.07, 6.45) is 0. The van der Waals surface area contributed by atoms with Gasteiger partial charge in [-0.15, -0.1) is 0 Å². The van der Waals surface area contributed by atoms with Crippen molar-refractivity contribution in [2.24, 2.45) is 0 Å². The average molecular weight is 249 g/mol. The maximum absolute atomic E-state index is 12.0. The zero-order valence-corrected chi connectivity index (χ0v) is 10.9. The summed E-state index contributed by atoms with van der Waals surface area (Å²) in [5, 5.41) is 5.26. The molecular formula is C13H19N3O2. The molecule has 1 aromatic carbocycles. The van der Waals surface area contributed by atoms with Gasteiger partial charge in [0, 0.05) is 12.2 Å². The molecule has 5 nitrogen and oxygen atoms in total. The molecule has 0 saturated heterocycles. The van der Waals surface area contributed by atoms with Gasteiger partial charge in [0.1, 0.15) is 6.04 Å². The summed E-state index contributed by atoms with van der Waals surface area (Å²) in [6.45, 7) is 5.82. The van der Waals surface area contributed by atoms with Crippen molar-refractivity contribution >= 4 is 17.5 Å². The minimum absolute atomic E-state index is 0.211. The third kappa shape index (κ3) is 3.23. The summed E-state index contributed by atoms with van der Waals surface area (Å²) in [4.78, 5) is 23.5. The number of benzene rings is 1. The van der Waals surface area contributed by atoms with Crippen LogP contribution in [0.3, 0.4) is 0 Å². The van der Waals surface area contributed by atoms with Gasteiger partial charge in [0.05, 0.1) is 5.56 Å². The van der Waals surface area contributed by atoms with E-state index < -0.39 is 6.04 Å². The molecule has 4 N–H and O–H groups in total. The Kier molecular flexibility index (Phi) is 4.71. The predicted molar refractivity (Wildman–Crippen MR) is 71.2 cm³/mol. The van der Waals surface area contributed by atoms with Crippen molar-refractivity contribution in [1.82, 2.24) is 10.6 Å². The molecule has 0 heterocycles. The van der Waals surface area contributed by atoms with Gasteiger partial charge in [0.15, 0.2) is 0 Å². The third-order valence-corrected chi connectivity index (χ3v) is 2.66. The Bertz CT molecular complexity index is 458. The molecule has 0 aliphatic heterocycles. The molecule has 0 aliphatic carbocycles. The van der Waals surface area contributed by atoms with E-state index in [2.05, 4.69) is 10.6 Å². The SMILES string of the molecule is CCNC(=O)C(C)NC(=O)c1cccc(C)c1N. The summed E-state index contributed by atoms with van der Waals surface area (Å²) < 4.78 is 0. The van der Waals surface area contributed by atoms with Gasteiger partial charge < -0.3 is 16.4 Å². The smallest absolute Gasteiger partial charge is 0.254 e. The van der Waals surface area contributed by atoms with Crippen LogP contribution < -0.4 is 16.4 Å². The molecule has 0 spiro atoms. The van der Waals surface area contributed by atoms with Crippen LogP contribution in [0.25, 0.3) is 0 Å².